The highest BCUT2D eigenvalue weighted by atomic mass is 79.9. The van der Waals surface area contributed by atoms with Gasteiger partial charge in [-0.05, 0) is 30.5 Å². The Balaban J connectivity index is 2.44. The van der Waals surface area contributed by atoms with Gasteiger partial charge in [0.2, 0.25) is 5.91 Å². The lowest BCUT2D eigenvalue weighted by molar-refractivity contribution is -0.123. The lowest BCUT2D eigenvalue weighted by Gasteiger charge is -2.16. The maximum absolute atomic E-state index is 12.6. The molecule has 1 heterocycles. The molecule has 0 fully saturated rings. The summed E-state index contributed by atoms with van der Waals surface area (Å²) in [4.78, 5) is 24.8. The van der Waals surface area contributed by atoms with Crippen LogP contribution in [0.4, 0.5) is 0 Å². The Kier molecular flexibility index (Phi) is 6.12. The second-order valence-electron chi connectivity index (χ2n) is 6.05. The van der Waals surface area contributed by atoms with Crippen molar-refractivity contribution in [2.75, 3.05) is 6.61 Å². The Morgan fingerprint density at radius 1 is 1.38 bits per heavy atom. The summed E-state index contributed by atoms with van der Waals surface area (Å²) < 4.78 is 2.08. The van der Waals surface area contributed by atoms with Gasteiger partial charge in [0.1, 0.15) is 6.54 Å². The van der Waals surface area contributed by atoms with Gasteiger partial charge in [-0.3, -0.25) is 9.59 Å². The molecular formula is C17H22BrN3O3. The molecule has 0 saturated carbocycles. The normalized spacial score (nSPS) is 12.6. The van der Waals surface area contributed by atoms with Gasteiger partial charge >= 0.3 is 0 Å². The molecule has 0 saturated heterocycles. The van der Waals surface area contributed by atoms with Crippen LogP contribution in [0.5, 0.6) is 0 Å². The topological polar surface area (TPSA) is 84.2 Å². The summed E-state index contributed by atoms with van der Waals surface area (Å²) in [7, 11) is 0. The summed E-state index contributed by atoms with van der Waals surface area (Å²) in [6, 6.07) is 5.11. The average Bonchev–Trinajstić information content (AvgIpc) is 2.54. The number of nitrogens with one attached hydrogen (secondary N) is 1. The van der Waals surface area contributed by atoms with E-state index in [4.69, 9.17) is 0 Å². The molecule has 0 aliphatic carbocycles. The predicted molar refractivity (Wildman–Crippen MR) is 97.1 cm³/mol. The Labute approximate surface area is 149 Å². The van der Waals surface area contributed by atoms with Gasteiger partial charge in [0, 0.05) is 9.86 Å². The first-order valence-electron chi connectivity index (χ1n) is 7.97. The van der Waals surface area contributed by atoms with Crippen molar-refractivity contribution >= 4 is 32.6 Å². The summed E-state index contributed by atoms with van der Waals surface area (Å²) >= 11 is 3.42. The molecule has 2 rings (SSSR count). The number of nitrogens with zero attached hydrogens (tertiary/aromatic N) is 2. The van der Waals surface area contributed by atoms with Crippen molar-refractivity contribution in [3.05, 3.63) is 38.7 Å². The number of hydrogen-bond acceptors (Lipinski definition) is 4. The Morgan fingerprint density at radius 3 is 2.67 bits per heavy atom. The van der Waals surface area contributed by atoms with Gasteiger partial charge in [-0.2, -0.15) is 5.10 Å². The highest BCUT2D eigenvalue weighted by Gasteiger charge is 2.16. The van der Waals surface area contributed by atoms with Gasteiger partial charge in [0.05, 0.1) is 23.7 Å². The summed E-state index contributed by atoms with van der Waals surface area (Å²) in [6.45, 7) is 5.57. The molecule has 1 amide bonds. The van der Waals surface area contributed by atoms with Crippen molar-refractivity contribution in [1.29, 1.82) is 0 Å². The molecule has 6 nitrogen and oxygen atoms in total. The van der Waals surface area contributed by atoms with E-state index < -0.39 is 0 Å². The third-order valence-electron chi connectivity index (χ3n) is 3.87. The number of halogens is 1. The second kappa shape index (κ2) is 7.90. The number of aromatic nitrogens is 2. The minimum Gasteiger partial charge on any atom is -0.394 e. The first-order chi connectivity index (χ1) is 11.4. The van der Waals surface area contributed by atoms with Crippen LogP contribution in [0.25, 0.3) is 10.8 Å². The van der Waals surface area contributed by atoms with Crippen molar-refractivity contribution in [1.82, 2.24) is 15.1 Å². The molecule has 0 spiro atoms. The lowest BCUT2D eigenvalue weighted by Crippen LogP contribution is -2.41. The van der Waals surface area contributed by atoms with Crippen molar-refractivity contribution in [2.24, 2.45) is 0 Å². The fraction of sp³-hybridized carbons (Fsp3) is 0.471. The van der Waals surface area contributed by atoms with Gasteiger partial charge in [0.15, 0.2) is 0 Å². The van der Waals surface area contributed by atoms with Crippen LogP contribution in [0.2, 0.25) is 0 Å². The molecule has 0 aliphatic rings. The third kappa shape index (κ3) is 4.02. The number of aliphatic hydroxyl groups excluding tert-OH is 1. The molecule has 1 unspecified atom stereocenters. The molecule has 7 heteroatoms. The van der Waals surface area contributed by atoms with Crippen LogP contribution >= 0.6 is 15.9 Å². The summed E-state index contributed by atoms with van der Waals surface area (Å²) in [5.41, 5.74) is 0.474. The first-order valence-corrected chi connectivity index (χ1v) is 8.77. The standard InChI is InChI=1S/C17H22BrN3O3/c1-4-12(9-22)19-15(23)8-21-17(24)13-6-5-11(18)7-14(13)16(20-21)10(2)3/h5-7,10,12,22H,4,8-9H2,1-3H3,(H,19,23). The van der Waals surface area contributed by atoms with Gasteiger partial charge in [-0.15, -0.1) is 0 Å². The molecular weight excluding hydrogens is 374 g/mol. The van der Waals surface area contributed by atoms with Crippen LogP contribution in [0, 0.1) is 0 Å². The van der Waals surface area contributed by atoms with E-state index in [0.29, 0.717) is 11.8 Å². The Morgan fingerprint density at radius 2 is 2.08 bits per heavy atom. The number of aliphatic hydroxyl groups is 1. The average molecular weight is 396 g/mol. The minimum absolute atomic E-state index is 0.109. The zero-order valence-corrected chi connectivity index (χ0v) is 15.6. The zero-order valence-electron chi connectivity index (χ0n) is 14.0. The number of carbonyl (C=O) groups is 1. The number of carbonyl (C=O) groups excluding carboxylic acids is 1. The highest BCUT2D eigenvalue weighted by molar-refractivity contribution is 9.10. The van der Waals surface area contributed by atoms with E-state index in [2.05, 4.69) is 26.3 Å². The van der Waals surface area contributed by atoms with E-state index in [0.717, 1.165) is 15.6 Å². The molecule has 2 N–H and O–H groups in total. The van der Waals surface area contributed by atoms with Crippen LogP contribution in [-0.2, 0) is 11.3 Å². The lowest BCUT2D eigenvalue weighted by atomic mass is 10.0. The van der Waals surface area contributed by atoms with Crippen molar-refractivity contribution in [2.45, 2.75) is 45.7 Å². The first kappa shape index (κ1) is 18.6. The molecule has 24 heavy (non-hydrogen) atoms. The van der Waals surface area contributed by atoms with Crippen LogP contribution in [0.3, 0.4) is 0 Å². The van der Waals surface area contributed by atoms with Crippen LogP contribution in [-0.4, -0.2) is 33.4 Å². The fourth-order valence-corrected chi connectivity index (χ4v) is 2.86. The maximum Gasteiger partial charge on any atom is 0.275 e. The molecule has 0 bridgehead atoms. The van der Waals surface area contributed by atoms with Gasteiger partial charge in [-0.1, -0.05) is 36.7 Å². The number of hydrogen-bond donors (Lipinski definition) is 2. The van der Waals surface area contributed by atoms with Gasteiger partial charge in [-0.25, -0.2) is 4.68 Å². The molecule has 0 aliphatic heterocycles. The molecule has 1 aromatic carbocycles. The summed E-state index contributed by atoms with van der Waals surface area (Å²) in [6.07, 6.45) is 0.619. The number of benzene rings is 1. The quantitative estimate of drug-likeness (QED) is 0.784. The predicted octanol–water partition coefficient (Wildman–Crippen LogP) is 2.17. The fourth-order valence-electron chi connectivity index (χ4n) is 2.50. The Hall–Kier alpha value is -1.73. The van der Waals surface area contributed by atoms with E-state index in [1.54, 1.807) is 12.1 Å². The van der Waals surface area contributed by atoms with Crippen LogP contribution in [0.1, 0.15) is 38.8 Å². The number of rotatable bonds is 6. The third-order valence-corrected chi connectivity index (χ3v) is 4.36. The SMILES string of the molecule is CCC(CO)NC(=O)Cn1nc(C(C)C)c2cc(Br)ccc2c1=O. The van der Waals surface area contributed by atoms with Crippen molar-refractivity contribution in [3.8, 4) is 0 Å². The van der Waals surface area contributed by atoms with E-state index >= 15 is 0 Å². The molecule has 2 aromatic rings. The van der Waals surface area contributed by atoms with Crippen LogP contribution < -0.4 is 10.9 Å². The number of fused-ring (bicyclic) bond motifs is 1. The van der Waals surface area contributed by atoms with Crippen LogP contribution in [0.15, 0.2) is 27.5 Å². The van der Waals surface area contributed by atoms with Gasteiger partial charge in [0.25, 0.3) is 5.56 Å². The Bertz CT molecular complexity index is 798. The molecule has 1 aromatic heterocycles. The second-order valence-corrected chi connectivity index (χ2v) is 6.96. The van der Waals surface area contributed by atoms with Gasteiger partial charge < -0.3 is 10.4 Å². The highest BCUT2D eigenvalue weighted by Crippen LogP contribution is 2.24. The monoisotopic (exact) mass is 395 g/mol. The summed E-state index contributed by atoms with van der Waals surface area (Å²) in [5, 5.41) is 17.6. The van der Waals surface area contributed by atoms with Crippen molar-refractivity contribution < 1.29 is 9.90 Å². The van der Waals surface area contributed by atoms with E-state index in [-0.39, 0.29) is 36.6 Å². The largest absolute Gasteiger partial charge is 0.394 e. The van der Waals surface area contributed by atoms with E-state index in [1.165, 1.54) is 4.68 Å². The smallest absolute Gasteiger partial charge is 0.275 e. The zero-order chi connectivity index (χ0) is 17.9. The molecule has 0 radical (unpaired) electrons. The van der Waals surface area contributed by atoms with Crippen molar-refractivity contribution in [3.63, 3.8) is 0 Å². The van der Waals surface area contributed by atoms with E-state index in [1.807, 2.05) is 26.8 Å². The molecule has 130 valence electrons. The maximum atomic E-state index is 12.6. The molecule has 1 atom stereocenters. The van der Waals surface area contributed by atoms with E-state index in [9.17, 15) is 14.7 Å². The minimum atomic E-state index is -0.336. The number of amides is 1. The summed E-state index contributed by atoms with van der Waals surface area (Å²) in [5.74, 6) is -0.228.